The third-order valence-electron chi connectivity index (χ3n) is 1.67. The van der Waals surface area contributed by atoms with Crippen molar-refractivity contribution >= 4 is 40.8 Å². The highest BCUT2D eigenvalue weighted by molar-refractivity contribution is 6.48. The molecule has 0 radical (unpaired) electrons. The summed E-state index contributed by atoms with van der Waals surface area (Å²) in [6, 6.07) is 1.70. The minimum Gasteiger partial charge on any atom is -0.480 e. The second kappa shape index (κ2) is 4.36. The van der Waals surface area contributed by atoms with E-state index in [1.54, 1.807) is 0 Å². The van der Waals surface area contributed by atoms with E-state index >= 15 is 0 Å². The average molecular weight is 254 g/mol. The van der Waals surface area contributed by atoms with Crippen molar-refractivity contribution in [1.29, 1.82) is 0 Å². The minimum absolute atomic E-state index is 0.0778. The van der Waals surface area contributed by atoms with E-state index in [0.717, 1.165) is 0 Å². The van der Waals surface area contributed by atoms with Crippen LogP contribution in [0.5, 0.6) is 0 Å². The molecule has 0 spiro atoms. The van der Waals surface area contributed by atoms with Crippen LogP contribution < -0.4 is 5.73 Å². The minimum atomic E-state index is -1.20. The third kappa shape index (κ3) is 2.12. The molecule has 0 fully saturated rings. The lowest BCUT2D eigenvalue weighted by molar-refractivity contribution is -0.138. The lowest BCUT2D eigenvalue weighted by Gasteiger charge is -2.10. The van der Waals surface area contributed by atoms with Crippen LogP contribution in [0.15, 0.2) is 12.1 Å². The van der Waals surface area contributed by atoms with Gasteiger partial charge < -0.3 is 10.8 Å². The fourth-order valence-electron chi connectivity index (χ4n) is 0.914. The SMILES string of the molecule is N[C@H](C(=O)O)c1ccc(Cl)c(Cl)c1Cl. The Morgan fingerprint density at radius 2 is 1.86 bits per heavy atom. The summed E-state index contributed by atoms with van der Waals surface area (Å²) in [7, 11) is 0. The maximum Gasteiger partial charge on any atom is 0.325 e. The molecule has 14 heavy (non-hydrogen) atoms. The molecule has 3 nitrogen and oxygen atoms in total. The maximum atomic E-state index is 10.6. The van der Waals surface area contributed by atoms with E-state index in [9.17, 15) is 4.79 Å². The number of halogens is 3. The van der Waals surface area contributed by atoms with Crippen LogP contribution in [0.1, 0.15) is 11.6 Å². The summed E-state index contributed by atoms with van der Waals surface area (Å²) in [5, 5.41) is 9.11. The van der Waals surface area contributed by atoms with Crippen molar-refractivity contribution in [2.24, 2.45) is 5.73 Å². The van der Waals surface area contributed by atoms with Crippen LogP contribution in [0.25, 0.3) is 0 Å². The smallest absolute Gasteiger partial charge is 0.325 e. The van der Waals surface area contributed by atoms with E-state index in [1.807, 2.05) is 0 Å². The standard InChI is InChI=1S/C8H6Cl3NO2/c9-4-2-1-3(5(10)6(4)11)7(12)8(13)14/h1-2,7H,12H2,(H,13,14)/t7-/m0/s1. The fraction of sp³-hybridized carbons (Fsp3) is 0.125. The molecule has 0 saturated heterocycles. The van der Waals surface area contributed by atoms with Gasteiger partial charge in [0.15, 0.2) is 0 Å². The predicted octanol–water partition coefficient (Wildman–Crippen LogP) is 2.73. The summed E-state index contributed by atoms with van der Waals surface area (Å²) >= 11 is 17.2. The molecule has 0 bridgehead atoms. The number of aliphatic carboxylic acids is 1. The number of carbonyl (C=O) groups is 1. The molecule has 0 aliphatic heterocycles. The van der Waals surface area contributed by atoms with Gasteiger partial charge in [0.2, 0.25) is 0 Å². The Labute approximate surface area is 95.4 Å². The molecular weight excluding hydrogens is 248 g/mol. The zero-order valence-corrected chi connectivity index (χ0v) is 9.07. The van der Waals surface area contributed by atoms with Crippen molar-refractivity contribution in [1.82, 2.24) is 0 Å². The van der Waals surface area contributed by atoms with Gasteiger partial charge in [0.25, 0.3) is 0 Å². The lowest BCUT2D eigenvalue weighted by Crippen LogP contribution is -2.21. The van der Waals surface area contributed by atoms with Crippen LogP contribution in [0.4, 0.5) is 0 Å². The number of rotatable bonds is 2. The Balaban J connectivity index is 3.24. The largest absolute Gasteiger partial charge is 0.480 e. The van der Waals surface area contributed by atoms with Crippen molar-refractivity contribution < 1.29 is 9.90 Å². The molecule has 0 heterocycles. The van der Waals surface area contributed by atoms with E-state index in [0.29, 0.717) is 0 Å². The highest BCUT2D eigenvalue weighted by Crippen LogP contribution is 2.34. The predicted molar refractivity (Wildman–Crippen MR) is 56.0 cm³/mol. The molecule has 0 amide bonds. The molecule has 0 aliphatic carbocycles. The van der Waals surface area contributed by atoms with E-state index in [4.69, 9.17) is 45.6 Å². The Hall–Kier alpha value is -0.480. The molecule has 76 valence electrons. The van der Waals surface area contributed by atoms with Gasteiger partial charge in [0.1, 0.15) is 6.04 Å². The number of carboxylic acid groups (broad SMARTS) is 1. The van der Waals surface area contributed by atoms with Crippen LogP contribution in [0.3, 0.4) is 0 Å². The number of carboxylic acids is 1. The van der Waals surface area contributed by atoms with E-state index in [1.165, 1.54) is 12.1 Å². The first kappa shape index (κ1) is 11.6. The number of benzene rings is 1. The monoisotopic (exact) mass is 253 g/mol. The van der Waals surface area contributed by atoms with Crippen molar-refractivity contribution in [3.63, 3.8) is 0 Å². The zero-order chi connectivity index (χ0) is 10.9. The first-order valence-corrected chi connectivity index (χ1v) is 4.70. The van der Waals surface area contributed by atoms with Crippen molar-refractivity contribution in [2.45, 2.75) is 6.04 Å². The Morgan fingerprint density at radius 3 is 2.36 bits per heavy atom. The first-order valence-electron chi connectivity index (χ1n) is 3.57. The summed E-state index contributed by atoms with van der Waals surface area (Å²) in [5.74, 6) is -1.18. The van der Waals surface area contributed by atoms with E-state index in [2.05, 4.69) is 0 Å². The first-order chi connectivity index (χ1) is 6.45. The molecule has 0 unspecified atom stereocenters. The molecular formula is C8H6Cl3NO2. The van der Waals surface area contributed by atoms with Crippen molar-refractivity contribution in [2.75, 3.05) is 0 Å². The Bertz CT molecular complexity index is 381. The highest BCUT2D eigenvalue weighted by atomic mass is 35.5. The summed E-state index contributed by atoms with van der Waals surface area (Å²) < 4.78 is 0. The fourth-order valence-corrected chi connectivity index (χ4v) is 1.57. The Kier molecular flexibility index (Phi) is 3.61. The number of nitrogens with two attached hydrogens (primary N) is 1. The van der Waals surface area contributed by atoms with Gasteiger partial charge in [-0.3, -0.25) is 4.79 Å². The second-order valence-electron chi connectivity index (χ2n) is 2.58. The molecule has 0 aromatic heterocycles. The van der Waals surface area contributed by atoms with Crippen LogP contribution in [-0.2, 0) is 4.79 Å². The van der Waals surface area contributed by atoms with Gasteiger partial charge in [-0.15, -0.1) is 0 Å². The second-order valence-corrected chi connectivity index (χ2v) is 3.74. The summed E-state index contributed by atoms with van der Waals surface area (Å²) in [4.78, 5) is 10.6. The van der Waals surface area contributed by atoms with Gasteiger partial charge in [-0.1, -0.05) is 40.9 Å². The number of hydrogen-bond acceptors (Lipinski definition) is 2. The van der Waals surface area contributed by atoms with Crippen LogP contribution in [-0.4, -0.2) is 11.1 Å². The average Bonchev–Trinajstić information content (AvgIpc) is 2.13. The molecule has 3 N–H and O–H groups in total. The quantitative estimate of drug-likeness (QED) is 0.798. The highest BCUT2D eigenvalue weighted by Gasteiger charge is 2.19. The third-order valence-corrected chi connectivity index (χ3v) is 2.97. The number of hydrogen-bond donors (Lipinski definition) is 2. The molecule has 1 rings (SSSR count). The Morgan fingerprint density at radius 1 is 1.29 bits per heavy atom. The van der Waals surface area contributed by atoms with E-state index in [-0.39, 0.29) is 20.6 Å². The van der Waals surface area contributed by atoms with Gasteiger partial charge in [0.05, 0.1) is 15.1 Å². The molecule has 1 atom stereocenters. The lowest BCUT2D eigenvalue weighted by atomic mass is 10.1. The molecule has 1 aromatic rings. The summed E-state index contributed by atoms with van der Waals surface area (Å²) in [6.07, 6.45) is 0. The van der Waals surface area contributed by atoms with Gasteiger partial charge in [-0.2, -0.15) is 0 Å². The van der Waals surface area contributed by atoms with Gasteiger partial charge >= 0.3 is 5.97 Å². The molecule has 0 saturated carbocycles. The van der Waals surface area contributed by atoms with Crippen molar-refractivity contribution in [3.8, 4) is 0 Å². The van der Waals surface area contributed by atoms with Gasteiger partial charge in [-0.05, 0) is 6.07 Å². The molecule has 1 aromatic carbocycles. The van der Waals surface area contributed by atoms with Crippen LogP contribution in [0, 0.1) is 0 Å². The van der Waals surface area contributed by atoms with Crippen LogP contribution >= 0.6 is 34.8 Å². The summed E-state index contributed by atoms with van der Waals surface area (Å²) in [6.45, 7) is 0. The molecule has 0 aliphatic rings. The van der Waals surface area contributed by atoms with E-state index < -0.39 is 12.0 Å². The maximum absolute atomic E-state index is 10.6. The topological polar surface area (TPSA) is 63.3 Å². The van der Waals surface area contributed by atoms with Crippen molar-refractivity contribution in [3.05, 3.63) is 32.8 Å². The summed E-state index contributed by atoms with van der Waals surface area (Å²) in [5.41, 5.74) is 5.62. The zero-order valence-electron chi connectivity index (χ0n) is 6.80. The molecule has 6 heteroatoms. The van der Waals surface area contributed by atoms with Gasteiger partial charge in [-0.25, -0.2) is 0 Å². The normalized spacial score (nSPS) is 12.6. The van der Waals surface area contributed by atoms with Crippen LogP contribution in [0.2, 0.25) is 15.1 Å². The van der Waals surface area contributed by atoms with Gasteiger partial charge in [0, 0.05) is 5.56 Å².